The van der Waals surface area contributed by atoms with Gasteiger partial charge in [-0.25, -0.2) is 13.1 Å². The summed E-state index contributed by atoms with van der Waals surface area (Å²) >= 11 is 15.2. The van der Waals surface area contributed by atoms with Gasteiger partial charge in [-0.3, -0.25) is 38.4 Å². The molecule has 40 heteroatoms. The van der Waals surface area contributed by atoms with E-state index in [9.17, 15) is 64.0 Å². The van der Waals surface area contributed by atoms with Gasteiger partial charge in [-0.2, -0.15) is 0 Å². The number of nitrogens with two attached hydrogens (primary N) is 2. The molecule has 9 aliphatic carbocycles. The SMILES string of the molecule is CCCCCOc1ccc(S(=O)(=O)NCCCCCNCC2[C@H](O)C3C4C[C@H](CC[C@H]4O)[C@H]4NC(=O)[C@@H]5NC(=O)[C@H](CC(N)=O)NC(=O)[C@H](NC(=O)[C@@H](CC(C)C)NC)[C@H](O)[C@H]6CC[C@@H](Oc7cc5cc(c7O[C@@H]5C[C@H](CO)[C@@H](O)[C@H](O)[C@H]5O[C@H]5C[C@](C)(N)[C@H](O)[C@H](C)O5)O[C@@H]5CC[C@@H](C[C@@H]5Cl)[C@@H](O)[C@H](NC4=O)C(=O)N[C@H](C(=O)NC4C5CC7CC(C5)CC4C7)C3C[C@@H]2O)[C@H](Cl)C6)cc1. The van der Waals surface area contributed by atoms with Crippen molar-refractivity contribution in [3.63, 3.8) is 0 Å². The third kappa shape index (κ3) is 23.8. The highest BCUT2D eigenvalue weighted by Crippen LogP contribution is 2.55. The van der Waals surface area contributed by atoms with Crippen LogP contribution in [-0.4, -0.2) is 286 Å². The topological polar surface area (TPSA) is 580 Å². The first kappa shape index (κ1) is 103. The van der Waals surface area contributed by atoms with E-state index in [0.717, 1.165) is 51.4 Å². The predicted molar refractivity (Wildman–Crippen MR) is 488 cm³/mol. The molecule has 0 radical (unpaired) electrons. The van der Waals surface area contributed by atoms with E-state index in [-0.39, 0.29) is 148 Å². The molecule has 6 heterocycles. The average Bonchev–Trinajstić information content (AvgIpc) is 0.737. The van der Waals surface area contributed by atoms with Gasteiger partial charge in [0.05, 0.1) is 83.6 Å². The number of ether oxygens (including phenoxy) is 6. The lowest BCUT2D eigenvalue weighted by Gasteiger charge is -2.55. The van der Waals surface area contributed by atoms with Crippen molar-refractivity contribution in [3.05, 3.63) is 42.0 Å². The average molecular weight is 1950 g/mol. The van der Waals surface area contributed by atoms with Gasteiger partial charge in [-0.1, -0.05) is 40.0 Å². The van der Waals surface area contributed by atoms with E-state index in [1.165, 1.54) is 31.3 Å². The Bertz CT molecular complexity index is 4490. The number of halogens is 2. The van der Waals surface area contributed by atoms with E-state index < -0.39 is 262 Å². The van der Waals surface area contributed by atoms with E-state index >= 15 is 28.8 Å². The minimum atomic E-state index is -3.86. The Labute approximate surface area is 793 Å². The fourth-order valence-electron chi connectivity index (χ4n) is 24.2. The zero-order valence-electron chi connectivity index (χ0n) is 77.4. The molecule has 750 valence electrons. The van der Waals surface area contributed by atoms with Crippen LogP contribution in [0.25, 0.3) is 0 Å². The molecule has 6 aliphatic heterocycles. The lowest BCUT2D eigenvalue weighted by molar-refractivity contribution is -0.286. The van der Waals surface area contributed by atoms with Crippen molar-refractivity contribution < 1.29 is 121 Å². The van der Waals surface area contributed by atoms with Gasteiger partial charge >= 0.3 is 0 Å². The first-order chi connectivity index (χ1) is 63.8. The number of benzene rings is 2. The van der Waals surface area contributed by atoms with Crippen molar-refractivity contribution in [1.82, 2.24) is 52.6 Å². The van der Waals surface area contributed by atoms with Crippen LogP contribution in [-0.2, 0) is 57.9 Å². The number of amides is 8. The number of hydrogen-bond acceptors (Lipinski definition) is 28. The third-order valence-electron chi connectivity index (χ3n) is 31.4. The number of primary amides is 1. The number of carbonyl (C=O) groups is 8. The van der Waals surface area contributed by atoms with Crippen molar-refractivity contribution in [2.75, 3.05) is 39.9 Å². The Kier molecular flexibility index (Phi) is 34.5. The second kappa shape index (κ2) is 44.9. The van der Waals surface area contributed by atoms with Gasteiger partial charge < -0.3 is 134 Å². The van der Waals surface area contributed by atoms with Crippen LogP contribution in [0.1, 0.15) is 207 Å². The molecule has 8 amide bonds. The molecule has 11 fully saturated rings. The van der Waals surface area contributed by atoms with E-state index in [1.807, 2.05) is 13.8 Å². The van der Waals surface area contributed by atoms with E-state index in [4.69, 9.17) is 63.1 Å². The molecule has 0 aromatic heterocycles. The summed E-state index contributed by atoms with van der Waals surface area (Å²) in [6, 6.07) is -3.88. The largest absolute Gasteiger partial charge is 0.494 e. The summed E-state index contributed by atoms with van der Waals surface area (Å²) in [5.41, 5.74) is 11.1. The summed E-state index contributed by atoms with van der Waals surface area (Å²) in [6.07, 6.45) is -12.9. The van der Waals surface area contributed by atoms with E-state index in [2.05, 4.69) is 59.5 Å². The molecule has 9 saturated carbocycles. The van der Waals surface area contributed by atoms with Crippen molar-refractivity contribution in [2.24, 2.45) is 88.4 Å². The molecule has 17 rings (SSSR count). The van der Waals surface area contributed by atoms with Crippen molar-refractivity contribution >= 4 is 80.5 Å². The first-order valence-corrected chi connectivity index (χ1v) is 51.3. The Balaban J connectivity index is 0.849. The molecule has 2 aromatic rings. The van der Waals surface area contributed by atoms with Crippen LogP contribution >= 0.6 is 23.2 Å². The minimum absolute atomic E-state index is 0.000851. The molecule has 4 unspecified atom stereocenters. The van der Waals surface area contributed by atoms with Gasteiger partial charge in [0.2, 0.25) is 63.0 Å². The molecule has 2 aromatic carbocycles. The van der Waals surface area contributed by atoms with Crippen LogP contribution in [0.5, 0.6) is 23.0 Å². The zero-order chi connectivity index (χ0) is 96.2. The molecular formula is C94H144Cl2N12O25S. The maximum absolute atomic E-state index is 16.8. The number of sulfonamides is 1. The number of hydrogen-bond donors (Lipinski definition) is 21. The molecular weight excluding hydrogens is 1800 g/mol. The lowest BCUT2D eigenvalue weighted by Crippen LogP contribution is -2.68. The van der Waals surface area contributed by atoms with Crippen LogP contribution in [0.2, 0.25) is 0 Å². The fraction of sp³-hybridized carbons (Fsp3) is 0.787. The number of unbranched alkanes of at least 4 members (excludes halogenated alkanes) is 4. The predicted octanol–water partition coefficient (Wildman–Crippen LogP) is 0.929. The highest BCUT2D eigenvalue weighted by Gasteiger charge is 2.59. The first-order valence-electron chi connectivity index (χ1n) is 48.9. The molecule has 32 atom stereocenters. The van der Waals surface area contributed by atoms with E-state index in [0.29, 0.717) is 50.0 Å². The number of aliphatic hydroxyl groups is 9. The number of alkyl halides is 2. The van der Waals surface area contributed by atoms with Gasteiger partial charge in [0.1, 0.15) is 72.5 Å². The third-order valence-corrected chi connectivity index (χ3v) is 33.8. The number of carbonyl (C=O) groups excluding carboxylic acids is 8. The zero-order valence-corrected chi connectivity index (χ0v) is 79.7. The highest BCUT2D eigenvalue weighted by molar-refractivity contribution is 7.89. The van der Waals surface area contributed by atoms with Crippen molar-refractivity contribution in [2.45, 2.75) is 350 Å². The molecule has 23 N–H and O–H groups in total. The number of rotatable bonds is 29. The summed E-state index contributed by atoms with van der Waals surface area (Å²) < 4.78 is 69.5. The summed E-state index contributed by atoms with van der Waals surface area (Å²) in [6.45, 7) is 9.30. The van der Waals surface area contributed by atoms with Crippen LogP contribution in [0.15, 0.2) is 41.3 Å². The second-order valence-electron chi connectivity index (χ2n) is 41.4. The number of likely N-dealkylation sites (N-methyl/N-ethyl adjacent to an activating group) is 1. The number of fused-ring (bicyclic) bond motifs is 15. The lowest BCUT2D eigenvalue weighted by atomic mass is 9.54. The summed E-state index contributed by atoms with van der Waals surface area (Å²) in [4.78, 5) is 125. The standard InChI is InChI=1S/C94H144Cl2N12O25S/c1-7-8-12-25-128-54-16-18-55(19-17-54)134(126,127)101-24-11-9-10-23-100-41-58-64(111)38-57-72(82(58)116)56-32-47(13-20-63(56)110)74-89(121)108-78(93(125)106-76(57)91(123)103-73-50-28-45-27-46(30-50)31-51(73)29-45)80(114)49-15-22-66(60(96)34-49)131-68-36-52-35-67(84(68)132-69-37-53(42-109)81(115)83(117)85(69)133-71-40-94(5,98)86(118)44(4)129-71)130-65-21-14-48(33-59(65)95)79(113)77(107-87(119)61(99-6)26-43(2)3)92(124)102-62(39-70(97)112)88(120)104-75(52)90(122)105-74/h16-19,35-36,43-51,53,56-66,69,71-83,85-86,99-101,109-111,113-118H,7-15,20-34,37-42,98H2,1-6H3,(H2,97,112)(H,102,124)(H,103,123)(H,104,120)(H,105,122)(H,106,125)(H,107,119)(H,108,121)/t44-,45?,46?,47-,48-,49-,50?,51?,53+,56?,57?,58?,59+,60-,61+,62-,63+,64-,65+,66+,69+,71-,72?,73?,74+,75+,76-,77+,78-,79+,80+,81+,82-,83-,85-,86+,94-/m0/s1. The van der Waals surface area contributed by atoms with Gasteiger partial charge in [-0.15, -0.1) is 23.2 Å². The molecule has 134 heavy (non-hydrogen) atoms. The normalized spacial score (nSPS) is 39.9. The number of nitrogens with one attached hydrogen (secondary N) is 10. The Morgan fingerprint density at radius 3 is 1.91 bits per heavy atom. The molecule has 15 aliphatic rings. The van der Waals surface area contributed by atoms with Crippen LogP contribution in [0.4, 0.5) is 0 Å². The fourth-order valence-corrected chi connectivity index (χ4v) is 26.1. The molecule has 37 nitrogen and oxygen atoms in total. The Morgan fingerprint density at radius 2 is 1.29 bits per heavy atom. The minimum Gasteiger partial charge on any atom is -0.494 e. The van der Waals surface area contributed by atoms with Gasteiger partial charge in [0.25, 0.3) is 0 Å². The van der Waals surface area contributed by atoms with Gasteiger partial charge in [0, 0.05) is 49.5 Å². The van der Waals surface area contributed by atoms with Crippen molar-refractivity contribution in [3.8, 4) is 23.0 Å². The Morgan fingerprint density at radius 1 is 0.657 bits per heavy atom. The molecule has 0 spiro atoms. The van der Waals surface area contributed by atoms with Crippen LogP contribution in [0, 0.1) is 76.9 Å². The summed E-state index contributed by atoms with van der Waals surface area (Å²) in [5, 5.41) is 135. The van der Waals surface area contributed by atoms with Crippen LogP contribution < -0.4 is 83.0 Å². The Hall–Kier alpha value is -6.67. The smallest absolute Gasteiger partial charge is 0.247 e. The monoisotopic (exact) mass is 1940 g/mol. The van der Waals surface area contributed by atoms with Crippen LogP contribution in [0.3, 0.4) is 0 Å². The summed E-state index contributed by atoms with van der Waals surface area (Å²) in [7, 11) is -2.32. The number of aliphatic hydroxyl groups excluding tert-OH is 9. The quantitative estimate of drug-likeness (QED) is 0.0398. The second-order valence-corrected chi connectivity index (χ2v) is 44.3. The molecule has 15 bridgehead atoms. The molecule has 2 saturated heterocycles. The maximum Gasteiger partial charge on any atom is 0.247 e. The van der Waals surface area contributed by atoms with Gasteiger partial charge in [-0.05, 0) is 263 Å². The maximum atomic E-state index is 16.8. The summed E-state index contributed by atoms with van der Waals surface area (Å²) in [5.74, 6) is -16.0. The van der Waals surface area contributed by atoms with Gasteiger partial charge in [0.15, 0.2) is 17.8 Å². The highest BCUT2D eigenvalue weighted by atomic mass is 35.5. The van der Waals surface area contributed by atoms with E-state index in [1.54, 1.807) is 26.0 Å². The van der Waals surface area contributed by atoms with Crippen molar-refractivity contribution in [1.29, 1.82) is 0 Å².